The van der Waals surface area contributed by atoms with Crippen LogP contribution >= 0.6 is 11.3 Å². The minimum absolute atomic E-state index is 0.416. The highest BCUT2D eigenvalue weighted by Crippen LogP contribution is 2.28. The first-order valence-electron chi connectivity index (χ1n) is 11.4. The second-order valence-electron chi connectivity index (χ2n) is 8.33. The normalized spacial score (nSPS) is 15.6. The summed E-state index contributed by atoms with van der Waals surface area (Å²) >= 11 is 1.83. The zero-order chi connectivity index (χ0) is 29.5. The number of rotatable bonds is 4. The molecule has 5 heterocycles. The van der Waals surface area contributed by atoms with E-state index in [9.17, 15) is 26.3 Å². The Morgan fingerprint density at radius 3 is 2.12 bits per heavy atom. The van der Waals surface area contributed by atoms with Crippen molar-refractivity contribution in [2.24, 2.45) is 0 Å². The van der Waals surface area contributed by atoms with Gasteiger partial charge in [0.15, 0.2) is 11.5 Å². The van der Waals surface area contributed by atoms with E-state index in [-0.39, 0.29) is 0 Å². The van der Waals surface area contributed by atoms with E-state index < -0.39 is 24.3 Å². The summed E-state index contributed by atoms with van der Waals surface area (Å²) < 4.78 is 65.4. The van der Waals surface area contributed by atoms with Crippen molar-refractivity contribution in [3.05, 3.63) is 71.1 Å². The number of halogens is 6. The number of likely N-dealkylation sites (tertiary alicyclic amines) is 1. The molecule has 0 bridgehead atoms. The summed E-state index contributed by atoms with van der Waals surface area (Å²) in [6.07, 6.45) is -3.36. The van der Waals surface area contributed by atoms with E-state index >= 15 is 0 Å². The van der Waals surface area contributed by atoms with Crippen LogP contribution in [0, 0.1) is 0 Å². The third kappa shape index (κ3) is 8.74. The van der Waals surface area contributed by atoms with Gasteiger partial charge in [0.05, 0.1) is 0 Å². The summed E-state index contributed by atoms with van der Waals surface area (Å²) in [7, 11) is 0. The van der Waals surface area contributed by atoms with Gasteiger partial charge in [-0.15, -0.1) is 11.3 Å². The minimum atomic E-state index is -5.08. The Kier molecular flexibility index (Phi) is 9.81. The number of carboxylic acids is 2. The first-order chi connectivity index (χ1) is 18.7. The molecule has 0 radical (unpaired) electrons. The Morgan fingerprint density at radius 1 is 0.950 bits per heavy atom. The van der Waals surface area contributed by atoms with Crippen molar-refractivity contribution in [1.82, 2.24) is 24.5 Å². The van der Waals surface area contributed by atoms with E-state index in [2.05, 4.69) is 39.7 Å². The molecule has 1 saturated heterocycles. The summed E-state index contributed by atoms with van der Waals surface area (Å²) in [5.74, 6) is -4.13. The molecular formula is C24H21F6N5O4S. The maximum absolute atomic E-state index is 10.6. The Bertz CT molecular complexity index is 1390. The monoisotopic (exact) mass is 589 g/mol. The number of hydrogen-bond donors (Lipinski definition) is 2. The van der Waals surface area contributed by atoms with Crippen LogP contribution in [0.15, 0.2) is 60.4 Å². The maximum Gasteiger partial charge on any atom is 0.490 e. The Morgan fingerprint density at radius 2 is 1.57 bits per heavy atom. The zero-order valence-electron chi connectivity index (χ0n) is 20.3. The van der Waals surface area contributed by atoms with Crippen molar-refractivity contribution in [2.75, 3.05) is 13.1 Å². The van der Waals surface area contributed by atoms with Crippen LogP contribution in [0.5, 0.6) is 0 Å². The molecule has 0 amide bonds. The molecule has 0 aromatic carbocycles. The molecule has 1 unspecified atom stereocenters. The summed E-state index contributed by atoms with van der Waals surface area (Å²) in [5.41, 5.74) is 3.18. The molecule has 2 N–H and O–H groups in total. The van der Waals surface area contributed by atoms with Gasteiger partial charge in [-0.2, -0.15) is 31.4 Å². The number of alkyl halides is 6. The summed E-state index contributed by atoms with van der Waals surface area (Å²) in [4.78, 5) is 30.6. The molecule has 1 aliphatic rings. The molecular weight excluding hydrogens is 568 g/mol. The highest BCUT2D eigenvalue weighted by Gasteiger charge is 2.38. The third-order valence-electron chi connectivity index (χ3n) is 5.44. The molecule has 1 atom stereocenters. The highest BCUT2D eigenvalue weighted by molar-refractivity contribution is 7.09. The number of aromatic nitrogens is 4. The molecule has 4 aromatic rings. The zero-order valence-corrected chi connectivity index (χ0v) is 21.1. The number of fused-ring (bicyclic) bond motifs is 1. The number of carboxylic acid groups (broad SMARTS) is 2. The Hall–Kier alpha value is -4.05. The van der Waals surface area contributed by atoms with E-state index in [4.69, 9.17) is 29.9 Å². The van der Waals surface area contributed by atoms with E-state index in [0.717, 1.165) is 48.7 Å². The first kappa shape index (κ1) is 30.5. The van der Waals surface area contributed by atoms with Crippen LogP contribution in [0.25, 0.3) is 16.8 Å². The van der Waals surface area contributed by atoms with Crippen molar-refractivity contribution >= 4 is 28.9 Å². The predicted octanol–water partition coefficient (Wildman–Crippen LogP) is 5.11. The number of carbonyl (C=O) groups is 2. The van der Waals surface area contributed by atoms with Gasteiger partial charge >= 0.3 is 24.3 Å². The number of aliphatic carboxylic acids is 2. The quantitative estimate of drug-likeness (QED) is 0.315. The summed E-state index contributed by atoms with van der Waals surface area (Å²) in [6.45, 7) is 3.18. The second kappa shape index (κ2) is 12.9. The van der Waals surface area contributed by atoms with E-state index in [0.29, 0.717) is 5.92 Å². The van der Waals surface area contributed by atoms with Crippen molar-refractivity contribution in [3.63, 3.8) is 0 Å². The molecule has 9 nitrogen and oxygen atoms in total. The van der Waals surface area contributed by atoms with Gasteiger partial charge in [0, 0.05) is 48.0 Å². The van der Waals surface area contributed by atoms with E-state index in [1.807, 2.05) is 46.4 Å². The van der Waals surface area contributed by atoms with Gasteiger partial charge < -0.3 is 10.2 Å². The van der Waals surface area contributed by atoms with Gasteiger partial charge in [0.25, 0.3) is 0 Å². The molecule has 5 rings (SSSR count). The number of thiophene rings is 1. The topological polar surface area (TPSA) is 121 Å². The smallest absolute Gasteiger partial charge is 0.475 e. The van der Waals surface area contributed by atoms with Crippen LogP contribution in [0.4, 0.5) is 26.3 Å². The van der Waals surface area contributed by atoms with Crippen LogP contribution in [-0.2, 0) is 16.1 Å². The van der Waals surface area contributed by atoms with Gasteiger partial charge in [-0.3, -0.25) is 9.88 Å². The lowest BCUT2D eigenvalue weighted by atomic mass is 10.1. The molecule has 214 valence electrons. The molecule has 1 aliphatic heterocycles. The van der Waals surface area contributed by atoms with Crippen LogP contribution in [0.1, 0.15) is 23.0 Å². The molecule has 0 spiro atoms. The van der Waals surface area contributed by atoms with Gasteiger partial charge in [0.1, 0.15) is 0 Å². The van der Waals surface area contributed by atoms with Gasteiger partial charge in [0.2, 0.25) is 0 Å². The van der Waals surface area contributed by atoms with Crippen molar-refractivity contribution in [3.8, 4) is 11.1 Å². The standard InChI is InChI=1S/C20H19N5S.2C2HF3O2/c1-2-18(26-11-1)14-24-10-7-17(12-24)20-22-19-4-3-16(13-25(19)23-20)15-5-8-21-9-6-15;2*3-2(4,5)1(6)7/h1-6,8-9,11,13,17H,7,10,12,14H2;2*(H,6,7). The molecule has 1 fully saturated rings. The van der Waals surface area contributed by atoms with Crippen LogP contribution in [0.2, 0.25) is 0 Å². The summed E-state index contributed by atoms with van der Waals surface area (Å²) in [6, 6.07) is 12.5. The van der Waals surface area contributed by atoms with E-state index in [1.165, 1.54) is 4.88 Å². The minimum Gasteiger partial charge on any atom is -0.475 e. The van der Waals surface area contributed by atoms with Crippen LogP contribution in [0.3, 0.4) is 0 Å². The molecule has 4 aromatic heterocycles. The first-order valence-corrected chi connectivity index (χ1v) is 12.2. The van der Waals surface area contributed by atoms with Crippen LogP contribution in [-0.4, -0.2) is 72.1 Å². The Labute approximate surface area is 226 Å². The third-order valence-corrected chi connectivity index (χ3v) is 6.30. The average molecular weight is 590 g/mol. The Balaban J connectivity index is 0.000000263. The lowest BCUT2D eigenvalue weighted by Gasteiger charge is -2.13. The van der Waals surface area contributed by atoms with Crippen LogP contribution < -0.4 is 0 Å². The van der Waals surface area contributed by atoms with Gasteiger partial charge in [-0.05, 0) is 54.2 Å². The molecule has 16 heteroatoms. The SMILES string of the molecule is O=C(O)C(F)(F)F.O=C(O)C(F)(F)F.c1csc(CN2CCC(c3nc4ccc(-c5ccncc5)cn4n3)C2)c1. The average Bonchev–Trinajstić information content (AvgIpc) is 3.65. The fourth-order valence-corrected chi connectivity index (χ4v) is 4.34. The van der Waals surface area contributed by atoms with Gasteiger partial charge in [-0.25, -0.2) is 19.1 Å². The highest BCUT2D eigenvalue weighted by atomic mass is 32.1. The predicted molar refractivity (Wildman–Crippen MR) is 131 cm³/mol. The summed E-state index contributed by atoms with van der Waals surface area (Å²) in [5, 5.41) is 21.2. The maximum atomic E-state index is 10.6. The van der Waals surface area contributed by atoms with Crippen molar-refractivity contribution < 1.29 is 46.1 Å². The number of nitrogens with zero attached hydrogens (tertiary/aromatic N) is 5. The van der Waals surface area contributed by atoms with E-state index in [1.54, 1.807) is 0 Å². The number of hydrogen-bond acceptors (Lipinski definition) is 7. The lowest BCUT2D eigenvalue weighted by Crippen LogP contribution is -2.21. The second-order valence-corrected chi connectivity index (χ2v) is 9.36. The van der Waals surface area contributed by atoms with Crippen molar-refractivity contribution in [1.29, 1.82) is 0 Å². The molecule has 40 heavy (non-hydrogen) atoms. The fraction of sp³-hybridized carbons (Fsp3) is 0.292. The number of pyridine rings is 2. The molecule has 0 saturated carbocycles. The lowest BCUT2D eigenvalue weighted by molar-refractivity contribution is -0.193. The van der Waals surface area contributed by atoms with Crippen molar-refractivity contribution in [2.45, 2.75) is 31.2 Å². The largest absolute Gasteiger partial charge is 0.490 e. The molecule has 0 aliphatic carbocycles. The van der Waals surface area contributed by atoms with Gasteiger partial charge in [-0.1, -0.05) is 6.07 Å². The fourth-order valence-electron chi connectivity index (χ4n) is 3.60.